The van der Waals surface area contributed by atoms with Crippen molar-refractivity contribution < 1.29 is 9.90 Å². The van der Waals surface area contributed by atoms with E-state index in [9.17, 15) is 9.90 Å². The lowest BCUT2D eigenvalue weighted by Gasteiger charge is -2.08. The van der Waals surface area contributed by atoms with Crippen LogP contribution >= 0.6 is 0 Å². The van der Waals surface area contributed by atoms with Gasteiger partial charge < -0.3 is 5.11 Å². The molecule has 78 valence electrons. The quantitative estimate of drug-likeness (QED) is 0.464. The van der Waals surface area contributed by atoms with E-state index in [1.54, 1.807) is 12.1 Å². The van der Waals surface area contributed by atoms with Crippen LogP contribution in [0.25, 0.3) is 0 Å². The standard InChI is InChI=1S/C13H14O2/c1-4-9-7-11(12(14)6-3)8-10(5-2)13(9)15/h3,7-8,15H,4-5H2,1-2H3. The molecule has 2 nitrogen and oxygen atoms in total. The van der Waals surface area contributed by atoms with E-state index in [1.165, 1.54) is 0 Å². The van der Waals surface area contributed by atoms with Gasteiger partial charge in [0.25, 0.3) is 0 Å². The van der Waals surface area contributed by atoms with E-state index in [1.807, 2.05) is 13.8 Å². The predicted molar refractivity (Wildman–Crippen MR) is 60.0 cm³/mol. The summed E-state index contributed by atoms with van der Waals surface area (Å²) in [6, 6.07) is 3.33. The minimum absolute atomic E-state index is 0.286. The minimum Gasteiger partial charge on any atom is -0.507 e. The third-order valence-electron chi connectivity index (χ3n) is 2.42. The zero-order chi connectivity index (χ0) is 11.4. The van der Waals surface area contributed by atoms with Gasteiger partial charge in [-0.25, -0.2) is 0 Å². The van der Waals surface area contributed by atoms with Crippen molar-refractivity contribution in [3.8, 4) is 18.1 Å². The van der Waals surface area contributed by atoms with Gasteiger partial charge in [0, 0.05) is 5.56 Å². The molecular weight excluding hydrogens is 188 g/mol. The molecule has 0 saturated heterocycles. The number of hydrogen-bond donors (Lipinski definition) is 1. The summed E-state index contributed by atoms with van der Waals surface area (Å²) in [5.41, 5.74) is 2.03. The molecule has 2 heteroatoms. The van der Waals surface area contributed by atoms with E-state index in [0.29, 0.717) is 18.4 Å². The Morgan fingerprint density at radius 3 is 2.13 bits per heavy atom. The lowest BCUT2D eigenvalue weighted by atomic mass is 9.99. The number of aromatic hydroxyl groups is 1. The summed E-state index contributed by atoms with van der Waals surface area (Å²) in [5.74, 6) is 2.03. The Labute approximate surface area is 89.9 Å². The summed E-state index contributed by atoms with van der Waals surface area (Å²) < 4.78 is 0. The molecule has 1 rings (SSSR count). The monoisotopic (exact) mass is 202 g/mol. The van der Waals surface area contributed by atoms with Crippen molar-refractivity contribution >= 4 is 5.78 Å². The SMILES string of the molecule is C#CC(=O)c1cc(CC)c(O)c(CC)c1. The predicted octanol–water partition coefficient (Wildman–Crippen LogP) is 2.33. The summed E-state index contributed by atoms with van der Waals surface area (Å²) in [7, 11) is 0. The summed E-state index contributed by atoms with van der Waals surface area (Å²) in [4.78, 5) is 11.3. The maximum absolute atomic E-state index is 11.3. The molecule has 0 saturated carbocycles. The number of ketones is 1. The number of carbonyl (C=O) groups is 1. The van der Waals surface area contributed by atoms with E-state index in [0.717, 1.165) is 11.1 Å². The molecule has 0 amide bonds. The third-order valence-corrected chi connectivity index (χ3v) is 2.42. The fraction of sp³-hybridized carbons (Fsp3) is 0.308. The number of phenols is 1. The van der Waals surface area contributed by atoms with Gasteiger partial charge in [0.1, 0.15) is 5.75 Å². The van der Waals surface area contributed by atoms with Crippen LogP contribution in [0.3, 0.4) is 0 Å². The highest BCUT2D eigenvalue weighted by Crippen LogP contribution is 2.25. The van der Waals surface area contributed by atoms with Gasteiger partial charge in [-0.1, -0.05) is 13.8 Å². The molecule has 1 aromatic rings. The molecule has 15 heavy (non-hydrogen) atoms. The third kappa shape index (κ3) is 2.19. The zero-order valence-electron chi connectivity index (χ0n) is 9.00. The average molecular weight is 202 g/mol. The molecule has 0 bridgehead atoms. The lowest BCUT2D eigenvalue weighted by Crippen LogP contribution is -1.99. The molecule has 0 aliphatic carbocycles. The van der Waals surface area contributed by atoms with Crippen LogP contribution in [-0.4, -0.2) is 10.9 Å². The van der Waals surface area contributed by atoms with Crippen LogP contribution in [0.2, 0.25) is 0 Å². The highest BCUT2D eigenvalue weighted by Gasteiger charge is 2.10. The Hall–Kier alpha value is -1.75. The maximum Gasteiger partial charge on any atom is 0.235 e. The van der Waals surface area contributed by atoms with Gasteiger partial charge >= 0.3 is 0 Å². The van der Waals surface area contributed by atoms with E-state index in [-0.39, 0.29) is 11.5 Å². The van der Waals surface area contributed by atoms with E-state index < -0.39 is 0 Å². The Morgan fingerprint density at radius 2 is 1.80 bits per heavy atom. The van der Waals surface area contributed by atoms with Gasteiger partial charge in [0.2, 0.25) is 5.78 Å². The Kier molecular flexibility index (Phi) is 3.51. The van der Waals surface area contributed by atoms with Crippen LogP contribution in [0.1, 0.15) is 35.3 Å². The van der Waals surface area contributed by atoms with Crippen molar-refractivity contribution in [1.29, 1.82) is 0 Å². The van der Waals surface area contributed by atoms with Gasteiger partial charge in [-0.15, -0.1) is 6.42 Å². The second-order valence-electron chi connectivity index (χ2n) is 3.32. The van der Waals surface area contributed by atoms with Gasteiger partial charge in [-0.3, -0.25) is 4.79 Å². The van der Waals surface area contributed by atoms with Crippen molar-refractivity contribution in [1.82, 2.24) is 0 Å². The first-order valence-corrected chi connectivity index (χ1v) is 4.99. The number of carbonyl (C=O) groups excluding carboxylic acids is 1. The number of Topliss-reactive ketones (excluding diaryl/α,β-unsaturated/α-hetero) is 1. The Balaban J connectivity index is 3.34. The van der Waals surface area contributed by atoms with Crippen molar-refractivity contribution in [2.24, 2.45) is 0 Å². The molecule has 0 atom stereocenters. The molecule has 0 spiro atoms. The smallest absolute Gasteiger partial charge is 0.235 e. The van der Waals surface area contributed by atoms with Crippen LogP contribution < -0.4 is 0 Å². The van der Waals surface area contributed by atoms with Crippen LogP contribution in [0, 0.1) is 12.3 Å². The molecule has 0 heterocycles. The number of aryl methyl sites for hydroxylation is 2. The van der Waals surface area contributed by atoms with Gasteiger partial charge in [0.15, 0.2) is 0 Å². The molecule has 0 aliphatic heterocycles. The summed E-state index contributed by atoms with van der Waals surface area (Å²) in [6.45, 7) is 3.86. The number of phenolic OH excluding ortho intramolecular Hbond substituents is 1. The molecule has 0 unspecified atom stereocenters. The molecule has 0 aliphatic rings. The zero-order valence-corrected chi connectivity index (χ0v) is 9.00. The second-order valence-corrected chi connectivity index (χ2v) is 3.32. The molecule has 0 fully saturated rings. The summed E-state index contributed by atoms with van der Waals surface area (Å²) in [6.07, 6.45) is 6.43. The van der Waals surface area contributed by atoms with E-state index in [4.69, 9.17) is 6.42 Å². The Bertz CT molecular complexity index is 400. The van der Waals surface area contributed by atoms with Crippen molar-refractivity contribution in [3.05, 3.63) is 28.8 Å². The molecule has 0 radical (unpaired) electrons. The first kappa shape index (κ1) is 11.3. The highest BCUT2D eigenvalue weighted by atomic mass is 16.3. The Morgan fingerprint density at radius 1 is 1.33 bits per heavy atom. The van der Waals surface area contributed by atoms with E-state index in [2.05, 4.69) is 5.92 Å². The number of benzene rings is 1. The van der Waals surface area contributed by atoms with Crippen molar-refractivity contribution in [2.75, 3.05) is 0 Å². The molecule has 0 aromatic heterocycles. The van der Waals surface area contributed by atoms with Crippen LogP contribution in [-0.2, 0) is 12.8 Å². The van der Waals surface area contributed by atoms with Gasteiger partial charge in [-0.2, -0.15) is 0 Å². The number of terminal acetylenes is 1. The maximum atomic E-state index is 11.3. The summed E-state index contributed by atoms with van der Waals surface area (Å²) >= 11 is 0. The minimum atomic E-state index is -0.334. The van der Waals surface area contributed by atoms with Crippen molar-refractivity contribution in [2.45, 2.75) is 26.7 Å². The molecule has 1 N–H and O–H groups in total. The average Bonchev–Trinajstić information content (AvgIpc) is 2.28. The van der Waals surface area contributed by atoms with Crippen LogP contribution in [0.4, 0.5) is 0 Å². The second kappa shape index (κ2) is 4.65. The highest BCUT2D eigenvalue weighted by molar-refractivity contribution is 6.08. The molecule has 1 aromatic carbocycles. The first-order chi connectivity index (χ1) is 7.13. The number of hydrogen-bond acceptors (Lipinski definition) is 2. The topological polar surface area (TPSA) is 37.3 Å². The fourth-order valence-corrected chi connectivity index (χ4v) is 1.51. The largest absolute Gasteiger partial charge is 0.507 e. The van der Waals surface area contributed by atoms with Crippen LogP contribution in [0.15, 0.2) is 12.1 Å². The number of rotatable bonds is 3. The fourth-order valence-electron chi connectivity index (χ4n) is 1.51. The van der Waals surface area contributed by atoms with Gasteiger partial charge in [-0.05, 0) is 42.0 Å². The normalized spacial score (nSPS) is 9.67. The van der Waals surface area contributed by atoms with Crippen LogP contribution in [0.5, 0.6) is 5.75 Å². The van der Waals surface area contributed by atoms with E-state index >= 15 is 0 Å². The first-order valence-electron chi connectivity index (χ1n) is 4.99. The molecular formula is C13H14O2. The summed E-state index contributed by atoms with van der Waals surface area (Å²) in [5, 5.41) is 9.80. The van der Waals surface area contributed by atoms with Crippen molar-refractivity contribution in [3.63, 3.8) is 0 Å². The lowest BCUT2D eigenvalue weighted by molar-refractivity contribution is 0.105. The van der Waals surface area contributed by atoms with Gasteiger partial charge in [0.05, 0.1) is 0 Å².